The predicted molar refractivity (Wildman–Crippen MR) is 102 cm³/mol. The Morgan fingerprint density at radius 1 is 1.04 bits per heavy atom. The van der Waals surface area contributed by atoms with Crippen molar-refractivity contribution in [3.63, 3.8) is 0 Å². The highest BCUT2D eigenvalue weighted by molar-refractivity contribution is 7.89. The topological polar surface area (TPSA) is 66.9 Å². The Morgan fingerprint density at radius 3 is 2.50 bits per heavy atom. The lowest BCUT2D eigenvalue weighted by Gasteiger charge is -2.39. The highest BCUT2D eigenvalue weighted by Gasteiger charge is 2.48. The molecule has 4 rings (SSSR count). The lowest BCUT2D eigenvalue weighted by Crippen LogP contribution is -2.58. The predicted octanol–water partition coefficient (Wildman–Crippen LogP) is 1.92. The number of alkyl halides is 1. The van der Waals surface area contributed by atoms with Gasteiger partial charge in [0.15, 0.2) is 0 Å². The first-order valence-corrected chi connectivity index (χ1v) is 11.5. The van der Waals surface area contributed by atoms with Crippen molar-refractivity contribution < 1.29 is 22.3 Å². The second kappa shape index (κ2) is 7.72. The third-order valence-corrected chi connectivity index (χ3v) is 7.89. The molecule has 6 nitrogen and oxygen atoms in total. The molecule has 154 valence electrons. The van der Waals surface area contributed by atoms with Crippen LogP contribution in [0.2, 0.25) is 0 Å². The van der Waals surface area contributed by atoms with Crippen molar-refractivity contribution in [1.82, 2.24) is 9.21 Å². The van der Waals surface area contributed by atoms with Crippen molar-refractivity contribution >= 4 is 15.9 Å². The number of amides is 1. The summed E-state index contributed by atoms with van der Waals surface area (Å²) in [5.74, 6) is -0.610. The maximum absolute atomic E-state index is 15.6. The normalized spacial score (nSPS) is 26.7. The molecule has 1 aromatic rings. The Labute approximate surface area is 165 Å². The molecule has 1 amide bonds. The van der Waals surface area contributed by atoms with Crippen LogP contribution >= 0.6 is 0 Å². The van der Waals surface area contributed by atoms with Gasteiger partial charge in [-0.05, 0) is 61.8 Å². The quantitative estimate of drug-likeness (QED) is 0.764. The SMILES string of the molecule is O=C(N1CCOCC1)C1(F)CCCN(S(=O)(=O)c2ccc3c(c2)CCCC3)C1. The zero-order valence-corrected chi connectivity index (χ0v) is 16.8. The third kappa shape index (κ3) is 3.69. The summed E-state index contributed by atoms with van der Waals surface area (Å²) in [6, 6.07) is 5.24. The molecule has 0 aromatic heterocycles. The minimum atomic E-state index is -3.83. The second-order valence-electron chi connectivity index (χ2n) is 7.95. The zero-order valence-electron chi connectivity index (χ0n) is 16.0. The van der Waals surface area contributed by atoms with Gasteiger partial charge in [0.2, 0.25) is 15.7 Å². The van der Waals surface area contributed by atoms with Crippen molar-refractivity contribution in [3.8, 4) is 0 Å². The van der Waals surface area contributed by atoms with Crippen molar-refractivity contribution in [1.29, 1.82) is 0 Å². The summed E-state index contributed by atoms with van der Waals surface area (Å²) in [6.45, 7) is 1.30. The van der Waals surface area contributed by atoms with Crippen molar-refractivity contribution in [2.24, 2.45) is 0 Å². The van der Waals surface area contributed by atoms with Gasteiger partial charge in [-0.1, -0.05) is 6.07 Å². The van der Waals surface area contributed by atoms with Crippen LogP contribution in [0.4, 0.5) is 4.39 Å². The van der Waals surface area contributed by atoms with E-state index in [2.05, 4.69) is 0 Å². The fourth-order valence-corrected chi connectivity index (χ4v) is 6.00. The first kappa shape index (κ1) is 19.8. The molecule has 1 aromatic carbocycles. The third-order valence-electron chi connectivity index (χ3n) is 6.05. The van der Waals surface area contributed by atoms with E-state index in [1.54, 1.807) is 12.1 Å². The monoisotopic (exact) mass is 410 g/mol. The van der Waals surface area contributed by atoms with Gasteiger partial charge in [0.25, 0.3) is 5.91 Å². The maximum Gasteiger partial charge on any atom is 0.261 e. The number of morpholine rings is 1. The number of carbonyl (C=O) groups is 1. The first-order valence-electron chi connectivity index (χ1n) is 10.1. The number of aryl methyl sites for hydroxylation is 2. The summed E-state index contributed by atoms with van der Waals surface area (Å²) < 4.78 is 48.3. The van der Waals surface area contributed by atoms with Gasteiger partial charge in [0, 0.05) is 19.6 Å². The van der Waals surface area contributed by atoms with E-state index in [1.165, 1.54) is 10.5 Å². The molecular weight excluding hydrogens is 383 g/mol. The summed E-state index contributed by atoms with van der Waals surface area (Å²) in [4.78, 5) is 14.4. The summed E-state index contributed by atoms with van der Waals surface area (Å²) in [5.41, 5.74) is 0.100. The number of hydrogen-bond acceptors (Lipinski definition) is 4. The molecule has 1 unspecified atom stereocenters. The average molecular weight is 411 g/mol. The molecule has 0 spiro atoms. The van der Waals surface area contributed by atoms with E-state index in [-0.39, 0.29) is 17.9 Å². The molecule has 1 aliphatic carbocycles. The van der Waals surface area contributed by atoms with E-state index >= 15 is 4.39 Å². The van der Waals surface area contributed by atoms with Crippen LogP contribution in [0.25, 0.3) is 0 Å². The summed E-state index contributed by atoms with van der Waals surface area (Å²) in [7, 11) is -3.83. The zero-order chi connectivity index (χ0) is 19.8. The van der Waals surface area contributed by atoms with E-state index in [1.807, 2.05) is 6.07 Å². The maximum atomic E-state index is 15.6. The Hall–Kier alpha value is -1.51. The summed E-state index contributed by atoms with van der Waals surface area (Å²) in [5, 5.41) is 0. The molecule has 28 heavy (non-hydrogen) atoms. The molecule has 8 heteroatoms. The van der Waals surface area contributed by atoms with Crippen LogP contribution in [0.15, 0.2) is 23.1 Å². The van der Waals surface area contributed by atoms with Crippen molar-refractivity contribution in [3.05, 3.63) is 29.3 Å². The smallest absolute Gasteiger partial charge is 0.261 e. The molecule has 0 radical (unpaired) electrons. The molecular formula is C20H27FN2O4S. The van der Waals surface area contributed by atoms with E-state index < -0.39 is 28.1 Å². The lowest BCUT2D eigenvalue weighted by molar-refractivity contribution is -0.150. The van der Waals surface area contributed by atoms with Crippen molar-refractivity contribution in [2.45, 2.75) is 49.1 Å². The van der Waals surface area contributed by atoms with Crippen LogP contribution in [0.5, 0.6) is 0 Å². The largest absolute Gasteiger partial charge is 0.378 e. The number of benzene rings is 1. The molecule has 2 fully saturated rings. The Balaban J connectivity index is 1.55. The fraction of sp³-hybridized carbons (Fsp3) is 0.650. The number of sulfonamides is 1. The number of piperidine rings is 1. The van der Waals surface area contributed by atoms with Gasteiger partial charge in [-0.2, -0.15) is 4.31 Å². The number of carbonyl (C=O) groups excluding carboxylic acids is 1. The van der Waals surface area contributed by atoms with Gasteiger partial charge in [0.1, 0.15) is 0 Å². The van der Waals surface area contributed by atoms with Crippen LogP contribution in [0.1, 0.15) is 36.8 Å². The van der Waals surface area contributed by atoms with E-state index in [0.29, 0.717) is 32.7 Å². The lowest BCUT2D eigenvalue weighted by atomic mass is 9.92. The minimum Gasteiger partial charge on any atom is -0.378 e. The van der Waals surface area contributed by atoms with Gasteiger partial charge in [-0.25, -0.2) is 12.8 Å². The minimum absolute atomic E-state index is 0.0550. The summed E-state index contributed by atoms with van der Waals surface area (Å²) in [6.07, 6.45) is 4.42. The van der Waals surface area contributed by atoms with Crippen LogP contribution in [0, 0.1) is 0 Å². The standard InChI is InChI=1S/C20H27FN2O4S/c21-20(19(24)22-10-12-27-13-11-22)8-3-9-23(15-20)28(25,26)18-7-6-16-4-1-2-5-17(16)14-18/h6-7,14H,1-5,8-13,15H2. The number of halogens is 1. The molecule has 2 heterocycles. The van der Waals surface area contributed by atoms with Crippen LogP contribution < -0.4 is 0 Å². The Morgan fingerprint density at radius 2 is 1.75 bits per heavy atom. The number of hydrogen-bond donors (Lipinski definition) is 0. The van der Waals surface area contributed by atoms with Gasteiger partial charge in [-0.15, -0.1) is 0 Å². The second-order valence-corrected chi connectivity index (χ2v) is 9.89. The first-order chi connectivity index (χ1) is 13.4. The molecule has 2 aliphatic heterocycles. The van der Waals surface area contributed by atoms with E-state index in [0.717, 1.165) is 35.6 Å². The molecule has 2 saturated heterocycles. The van der Waals surface area contributed by atoms with Crippen LogP contribution in [-0.4, -0.2) is 68.6 Å². The Bertz CT molecular complexity index is 854. The number of rotatable bonds is 3. The molecule has 3 aliphatic rings. The molecule has 0 saturated carbocycles. The van der Waals surface area contributed by atoms with Gasteiger partial charge >= 0.3 is 0 Å². The highest BCUT2D eigenvalue weighted by atomic mass is 32.2. The molecule has 1 atom stereocenters. The Kier molecular flexibility index (Phi) is 5.46. The number of nitrogens with zero attached hydrogens (tertiary/aromatic N) is 2. The van der Waals surface area contributed by atoms with E-state index in [9.17, 15) is 13.2 Å². The van der Waals surface area contributed by atoms with Crippen LogP contribution in [-0.2, 0) is 32.4 Å². The van der Waals surface area contributed by atoms with Gasteiger partial charge in [-0.3, -0.25) is 4.79 Å². The average Bonchev–Trinajstić information content (AvgIpc) is 2.73. The number of fused-ring (bicyclic) bond motifs is 1. The van der Waals surface area contributed by atoms with Crippen molar-refractivity contribution in [2.75, 3.05) is 39.4 Å². The van der Waals surface area contributed by atoms with Crippen LogP contribution in [0.3, 0.4) is 0 Å². The molecule has 0 N–H and O–H groups in total. The van der Waals surface area contributed by atoms with Gasteiger partial charge in [0.05, 0.1) is 24.7 Å². The highest BCUT2D eigenvalue weighted by Crippen LogP contribution is 2.32. The molecule has 0 bridgehead atoms. The van der Waals surface area contributed by atoms with E-state index in [4.69, 9.17) is 4.74 Å². The fourth-order valence-electron chi connectivity index (χ4n) is 4.42. The number of ether oxygens (including phenoxy) is 1. The van der Waals surface area contributed by atoms with Gasteiger partial charge < -0.3 is 9.64 Å². The summed E-state index contributed by atoms with van der Waals surface area (Å²) >= 11 is 0.